The summed E-state index contributed by atoms with van der Waals surface area (Å²) in [6.07, 6.45) is -8.34. The minimum absolute atomic E-state index is 0.0354. The Kier molecular flexibility index (Phi) is 12.8. The van der Waals surface area contributed by atoms with E-state index in [-0.39, 0.29) is 30.3 Å². The van der Waals surface area contributed by atoms with Gasteiger partial charge < -0.3 is 106 Å². The zero-order valence-corrected chi connectivity index (χ0v) is 40.5. The molecule has 0 amide bonds. The van der Waals surface area contributed by atoms with Crippen molar-refractivity contribution in [3.05, 3.63) is 75.3 Å². The third kappa shape index (κ3) is 8.09. The van der Waals surface area contributed by atoms with Crippen molar-refractivity contribution in [2.75, 3.05) is 0 Å². The number of carboxylic acids is 1. The summed E-state index contributed by atoms with van der Waals surface area (Å²) >= 11 is 0. The Bertz CT molecular complexity index is 4130. The number of aliphatic hydroxyl groups is 1. The smallest absolute Gasteiger partial charge is 0.339 e. The van der Waals surface area contributed by atoms with E-state index in [1.165, 1.54) is 0 Å². The lowest BCUT2D eigenvalue weighted by Crippen LogP contribution is -2.53. The third-order valence-electron chi connectivity index (χ3n) is 13.9. The van der Waals surface area contributed by atoms with Crippen molar-refractivity contribution in [2.45, 2.75) is 18.6 Å². The number of Topliss-reactive ketones (excluding diaryl/α,β-unsaturated/α-hetero) is 8. The number of fused-ring (bicyclic) bond motifs is 8. The number of phenolic OH excluding ortho intramolecular Hbond substituents is 17. The Morgan fingerprint density at radius 1 is 0.422 bits per heavy atom. The average molecular weight is 1150 g/mol. The number of carbonyl (C=O) groups excluding carboxylic acids is 9. The van der Waals surface area contributed by atoms with Gasteiger partial charge in [0.05, 0.1) is 17.4 Å². The number of carboxylic acid groups (broad SMARTS) is 1. The van der Waals surface area contributed by atoms with E-state index < -0.39 is 265 Å². The number of carbonyl (C=O) groups is 10. The van der Waals surface area contributed by atoms with Gasteiger partial charge in [-0.2, -0.15) is 0 Å². The maximum atomic E-state index is 15.9. The van der Waals surface area contributed by atoms with Gasteiger partial charge in [0.1, 0.15) is 17.8 Å². The molecule has 0 bridgehead atoms. The second-order valence-electron chi connectivity index (χ2n) is 18.5. The second-order valence-corrected chi connectivity index (χ2v) is 18.5. The zero-order valence-electron chi connectivity index (χ0n) is 40.5. The largest absolute Gasteiger partial charge is 0.504 e. The minimum atomic E-state index is -3.56. The molecule has 9 rings (SSSR count). The first-order valence-electron chi connectivity index (χ1n) is 22.9. The maximum absolute atomic E-state index is 15.9. The number of rotatable bonds is 4. The Balaban J connectivity index is 1.44. The first-order valence-corrected chi connectivity index (χ1v) is 22.9. The highest BCUT2D eigenvalue weighted by molar-refractivity contribution is 6.54. The molecule has 0 spiro atoms. The van der Waals surface area contributed by atoms with Gasteiger partial charge in [0.2, 0.25) is 86.5 Å². The summed E-state index contributed by atoms with van der Waals surface area (Å²) in [5.41, 5.74) is -16.3. The Labute approximate surface area is 454 Å². The van der Waals surface area contributed by atoms with Gasteiger partial charge in [-0.25, -0.2) is 9.59 Å². The second kappa shape index (κ2) is 19.1. The monoisotopic (exact) mass is 1150 g/mol. The molecule has 5 atom stereocenters. The van der Waals surface area contributed by atoms with Crippen molar-refractivity contribution in [3.8, 4) is 131 Å². The van der Waals surface area contributed by atoms with Crippen LogP contribution in [0.4, 0.5) is 0 Å². The van der Waals surface area contributed by atoms with Crippen molar-refractivity contribution in [2.24, 2.45) is 17.8 Å². The third-order valence-corrected chi connectivity index (χ3v) is 13.9. The van der Waals surface area contributed by atoms with Crippen LogP contribution in [0.3, 0.4) is 0 Å². The molecule has 3 aliphatic rings. The average Bonchev–Trinajstić information content (AvgIpc) is 3.41. The van der Waals surface area contributed by atoms with Crippen LogP contribution in [0.2, 0.25) is 0 Å². The van der Waals surface area contributed by atoms with E-state index in [9.17, 15) is 116 Å². The summed E-state index contributed by atoms with van der Waals surface area (Å²) in [5, 5.41) is 207. The van der Waals surface area contributed by atoms with Gasteiger partial charge in [-0.15, -0.1) is 0 Å². The van der Waals surface area contributed by atoms with E-state index in [1.54, 1.807) is 0 Å². The van der Waals surface area contributed by atoms with Crippen LogP contribution in [-0.2, 0) is 23.9 Å². The summed E-state index contributed by atoms with van der Waals surface area (Å²) in [7, 11) is 0. The topological polar surface area (TPSA) is 574 Å². The van der Waals surface area contributed by atoms with Crippen LogP contribution in [0.25, 0.3) is 22.3 Å². The van der Waals surface area contributed by atoms with E-state index in [0.717, 1.165) is 0 Å². The lowest BCUT2D eigenvalue weighted by molar-refractivity contribution is -0.144. The number of hydrogen-bond acceptors (Lipinski definition) is 30. The van der Waals surface area contributed by atoms with Crippen LogP contribution in [0, 0.1) is 17.8 Å². The highest BCUT2D eigenvalue weighted by atomic mass is 16.6. The van der Waals surface area contributed by atoms with Gasteiger partial charge in [0.25, 0.3) is 0 Å². The van der Waals surface area contributed by atoms with E-state index in [1.807, 2.05) is 0 Å². The Hall–Kier alpha value is -12.0. The molecular weight excluding hydrogens is 1120 g/mol. The molecule has 1 heterocycles. The quantitative estimate of drug-likeness (QED) is 0.0679. The summed E-state index contributed by atoms with van der Waals surface area (Å²) in [5.74, 6) is -64.4. The van der Waals surface area contributed by atoms with Crippen molar-refractivity contribution < 1.29 is 154 Å². The number of esters is 1. The molecule has 0 saturated carbocycles. The molecule has 19 N–H and O–H groups in total. The molecule has 0 aromatic heterocycles. The van der Waals surface area contributed by atoms with Crippen molar-refractivity contribution >= 4 is 58.2 Å². The van der Waals surface area contributed by atoms with Crippen molar-refractivity contribution in [1.82, 2.24) is 0 Å². The summed E-state index contributed by atoms with van der Waals surface area (Å²) in [6.45, 7) is 0. The minimum Gasteiger partial charge on any atom is -0.504 e. The number of ketones is 8. The van der Waals surface area contributed by atoms with E-state index in [0.29, 0.717) is 6.07 Å². The fourth-order valence-electron chi connectivity index (χ4n) is 9.99. The highest BCUT2D eigenvalue weighted by Gasteiger charge is 2.58. The van der Waals surface area contributed by atoms with Crippen molar-refractivity contribution in [1.29, 1.82) is 0 Å². The molecule has 5 unspecified atom stereocenters. The van der Waals surface area contributed by atoms with Crippen LogP contribution in [0.15, 0.2) is 36.4 Å². The molecule has 2 aliphatic carbocycles. The van der Waals surface area contributed by atoms with E-state index in [4.69, 9.17) is 9.47 Å². The van der Waals surface area contributed by atoms with Gasteiger partial charge in [0.15, 0.2) is 69.0 Å². The van der Waals surface area contributed by atoms with Crippen molar-refractivity contribution in [3.63, 3.8) is 0 Å². The van der Waals surface area contributed by atoms with Crippen LogP contribution in [-0.4, -0.2) is 161 Å². The molecule has 83 heavy (non-hydrogen) atoms. The number of cyclic esters (lactones) is 1. The molecule has 31 heteroatoms. The molecule has 31 nitrogen and oxygen atoms in total. The van der Waals surface area contributed by atoms with Crippen LogP contribution >= 0.6 is 0 Å². The van der Waals surface area contributed by atoms with Gasteiger partial charge in [0, 0.05) is 68.5 Å². The molecular formula is C52H32O31. The van der Waals surface area contributed by atoms with Gasteiger partial charge >= 0.3 is 11.9 Å². The van der Waals surface area contributed by atoms with Gasteiger partial charge in [-0.05, 0) is 30.3 Å². The first-order chi connectivity index (χ1) is 38.8. The number of aromatic hydroxyl groups is 17. The lowest BCUT2D eigenvalue weighted by Gasteiger charge is -2.39. The predicted octanol–water partition coefficient (Wildman–Crippen LogP) is 1.75. The molecule has 6 aromatic carbocycles. The van der Waals surface area contributed by atoms with Crippen LogP contribution < -0.4 is 4.74 Å². The predicted molar refractivity (Wildman–Crippen MR) is 259 cm³/mol. The molecule has 6 aromatic rings. The number of benzene rings is 6. The molecule has 426 valence electrons. The lowest BCUT2D eigenvalue weighted by atomic mass is 9.66. The SMILES string of the molecule is O=C1CC2C(=O)C(=O)c3cc(O)c(O)c(O)c3-c3c(cc(O)c(O)c3O)C(=O)C(=O)C(C3OC(=O)c4cc(O)c(O)c(O)c4C3O)C2C(=O)C(=O)c2cc(Oc3c(C(=O)O)cc(O)c(O)c3O)c(O)c(O)c2-c2c(cc(O)c(O)c2O)C1=O. The fourth-order valence-corrected chi connectivity index (χ4v) is 9.99. The number of phenols is 17. The summed E-state index contributed by atoms with van der Waals surface area (Å²) in [4.78, 5) is 148. The number of aliphatic hydroxyl groups excluding tert-OH is 1. The van der Waals surface area contributed by atoms with Gasteiger partial charge in [-0.3, -0.25) is 38.4 Å². The molecule has 0 radical (unpaired) electrons. The molecule has 0 fully saturated rings. The van der Waals surface area contributed by atoms with E-state index >= 15 is 28.8 Å². The summed E-state index contributed by atoms with van der Waals surface area (Å²) < 4.78 is 10.6. The first kappa shape index (κ1) is 55.7. The number of ether oxygens (including phenoxy) is 2. The fraction of sp³-hybridized carbons (Fsp3) is 0.115. The summed E-state index contributed by atoms with van der Waals surface area (Å²) in [6, 6.07) is 0.911. The number of hydrogen-bond donors (Lipinski definition) is 19. The number of aromatic carboxylic acids is 1. The normalized spacial score (nSPS) is 19.0. The maximum Gasteiger partial charge on any atom is 0.339 e. The zero-order chi connectivity index (χ0) is 61.3. The molecule has 1 aliphatic heterocycles. The molecule has 0 saturated heterocycles. The van der Waals surface area contributed by atoms with Crippen LogP contribution in [0.5, 0.6) is 109 Å². The van der Waals surface area contributed by atoms with E-state index in [2.05, 4.69) is 0 Å². The standard InChI is InChI=1S/C52H32O31/c53-15-2-11-26(40(70)33(63)12-7-21(82-49-14(51(79)80)6-20(58)38(68)48(49)78)39(69)44(74)25(12)22-8(29(15)59)1-16(54)34(64)41(22)71)28(50-47(77)27-13(52(81)83-50)5-19(57)37(67)45(27)75)46(76)32(62)10-4-18(56)36(66)43(73)24(10)23-9(30(60)31(11)61)3-17(55)35(65)42(23)72/h1,3-7,11,26,28,47,50,54-58,64-69,71-75,77-78H,2H2,(H,79,80). The highest BCUT2D eigenvalue weighted by Crippen LogP contribution is 2.58. The van der Waals surface area contributed by atoms with Crippen LogP contribution in [0.1, 0.15) is 80.2 Å². The van der Waals surface area contributed by atoms with Gasteiger partial charge in [-0.1, -0.05) is 0 Å². The Morgan fingerprint density at radius 2 is 0.795 bits per heavy atom. The Morgan fingerprint density at radius 3 is 1.27 bits per heavy atom.